The largest absolute Gasteiger partial charge is 2.00 e. The van der Waals surface area contributed by atoms with Crippen molar-refractivity contribution in [3.8, 4) is 0 Å². The second-order valence-corrected chi connectivity index (χ2v) is 1.77. The van der Waals surface area contributed by atoms with Crippen molar-refractivity contribution in [3.05, 3.63) is 0 Å². The van der Waals surface area contributed by atoms with Crippen molar-refractivity contribution in [2.75, 3.05) is 0 Å². The number of hydrogen-bond donors (Lipinski definition) is 0. The Morgan fingerprint density at radius 1 is 1.33 bits per heavy atom. The number of carbonyl (C=O) groups is 2. The summed E-state index contributed by atoms with van der Waals surface area (Å²) in [4.78, 5) is 20.6. The van der Waals surface area contributed by atoms with Crippen molar-refractivity contribution in [3.63, 3.8) is 0 Å². The van der Waals surface area contributed by atoms with E-state index >= 15 is 0 Å². The molecule has 0 heterocycles. The van der Waals surface area contributed by atoms with Gasteiger partial charge < -0.3 is 0 Å². The Morgan fingerprint density at radius 2 is 1.78 bits per heavy atom. The Morgan fingerprint density at radius 3 is 1.89 bits per heavy atom. The van der Waals surface area contributed by atoms with Crippen LogP contribution in [0.25, 0.3) is 0 Å². The van der Waals surface area contributed by atoms with Crippen LogP contribution in [0, 0.1) is 0 Å². The van der Waals surface area contributed by atoms with Crippen molar-refractivity contribution >= 4 is 11.6 Å². The molecule has 0 unspecified atom stereocenters. The van der Waals surface area contributed by atoms with Gasteiger partial charge in [0.2, 0.25) is 0 Å². The van der Waals surface area contributed by atoms with Crippen molar-refractivity contribution in [2.45, 2.75) is 26.7 Å². The zero-order valence-electron chi connectivity index (χ0n) is 5.55. The number of Topliss-reactive ketones (excluding diaryl/α,β-unsaturated/α-hetero) is 2. The average molecular weight is 221 g/mol. The fourth-order valence-electron chi connectivity index (χ4n) is 0.403. The van der Waals surface area contributed by atoms with E-state index < -0.39 is 0 Å². The number of hydrogen-bond acceptors (Lipinski definition) is 2. The first-order valence-corrected chi connectivity index (χ1v) is 2.68. The van der Waals surface area contributed by atoms with Crippen molar-refractivity contribution in [1.29, 1.82) is 0 Å². The second-order valence-electron chi connectivity index (χ2n) is 1.77. The third-order valence-electron chi connectivity index (χ3n) is 0.840. The van der Waals surface area contributed by atoms with Crippen LogP contribution in [0.2, 0.25) is 0 Å². The van der Waals surface area contributed by atoms with Gasteiger partial charge >= 0.3 is 20.4 Å². The van der Waals surface area contributed by atoms with Gasteiger partial charge in [0, 0.05) is 6.42 Å². The number of carbonyl (C=O) groups excluding carboxylic acids is 2. The molecule has 0 saturated carbocycles. The van der Waals surface area contributed by atoms with Gasteiger partial charge in [-0.05, 0) is 6.92 Å². The molecule has 0 spiro atoms. The van der Waals surface area contributed by atoms with Crippen LogP contribution in [0.15, 0.2) is 0 Å². The van der Waals surface area contributed by atoms with Crippen molar-refractivity contribution in [2.24, 2.45) is 0 Å². The number of ketones is 2. The molecule has 2 nitrogen and oxygen atoms in total. The van der Waals surface area contributed by atoms with Gasteiger partial charge in [-0.15, -0.1) is 0 Å². The van der Waals surface area contributed by atoms with Crippen molar-refractivity contribution < 1.29 is 30.0 Å². The molecular formula is C6H10O2Pd+2. The second kappa shape index (κ2) is 6.13. The fraction of sp³-hybridized carbons (Fsp3) is 0.667. The third-order valence-corrected chi connectivity index (χ3v) is 0.840. The quantitative estimate of drug-likeness (QED) is 0.524. The van der Waals surface area contributed by atoms with Crippen molar-refractivity contribution in [1.82, 2.24) is 0 Å². The summed E-state index contributed by atoms with van der Waals surface area (Å²) in [5.41, 5.74) is 0. The molecule has 0 radical (unpaired) electrons. The summed E-state index contributed by atoms with van der Waals surface area (Å²) < 4.78 is 0. The first kappa shape index (κ1) is 11.8. The predicted octanol–water partition coefficient (Wildman–Crippen LogP) is 0.942. The maximum absolute atomic E-state index is 10.4. The minimum atomic E-state index is -0.0446. The van der Waals surface area contributed by atoms with E-state index in [2.05, 4.69) is 0 Å². The van der Waals surface area contributed by atoms with Gasteiger partial charge in [-0.25, -0.2) is 0 Å². The summed E-state index contributed by atoms with van der Waals surface area (Å²) in [6.07, 6.45) is 0.579. The Kier molecular flexibility index (Phi) is 8.00. The summed E-state index contributed by atoms with van der Waals surface area (Å²) in [7, 11) is 0. The molecule has 9 heavy (non-hydrogen) atoms. The van der Waals surface area contributed by atoms with E-state index in [1.165, 1.54) is 6.92 Å². The van der Waals surface area contributed by atoms with Crippen LogP contribution in [-0.2, 0) is 30.0 Å². The molecule has 3 heteroatoms. The van der Waals surface area contributed by atoms with Gasteiger partial charge in [-0.1, -0.05) is 6.92 Å². The molecule has 0 aromatic carbocycles. The third kappa shape index (κ3) is 8.00. The van der Waals surface area contributed by atoms with Gasteiger partial charge in [0.05, 0.1) is 6.42 Å². The molecule has 0 aliphatic heterocycles. The topological polar surface area (TPSA) is 34.1 Å². The SMILES string of the molecule is CCC(=O)CC(C)=O.[Pd+2]. The van der Waals surface area contributed by atoms with E-state index in [0.717, 1.165) is 0 Å². The molecular weight excluding hydrogens is 210 g/mol. The molecule has 0 fully saturated rings. The van der Waals surface area contributed by atoms with Crippen LogP contribution in [-0.4, -0.2) is 11.6 Å². The minimum absolute atomic E-state index is 0. The van der Waals surface area contributed by atoms with Crippen LogP contribution in [0.3, 0.4) is 0 Å². The van der Waals surface area contributed by atoms with E-state index in [-0.39, 0.29) is 38.4 Å². The molecule has 0 saturated heterocycles. The molecule has 0 aliphatic rings. The normalized spacial score (nSPS) is 7.78. The summed E-state index contributed by atoms with van der Waals surface area (Å²) in [6.45, 7) is 3.18. The maximum atomic E-state index is 10.4. The van der Waals surface area contributed by atoms with E-state index in [1.807, 2.05) is 0 Å². The first-order valence-electron chi connectivity index (χ1n) is 2.68. The predicted molar refractivity (Wildman–Crippen MR) is 30.6 cm³/mol. The van der Waals surface area contributed by atoms with Gasteiger partial charge in [0.1, 0.15) is 11.6 Å². The van der Waals surface area contributed by atoms with Gasteiger partial charge in [0.15, 0.2) is 0 Å². The first-order chi connectivity index (χ1) is 3.66. The Balaban J connectivity index is 0. The number of rotatable bonds is 3. The van der Waals surface area contributed by atoms with Crippen LogP contribution in [0.1, 0.15) is 26.7 Å². The Labute approximate surface area is 68.7 Å². The van der Waals surface area contributed by atoms with Gasteiger partial charge in [-0.2, -0.15) is 0 Å². The molecule has 0 aliphatic carbocycles. The summed E-state index contributed by atoms with van der Waals surface area (Å²) in [5.74, 6) is -0.0191. The summed E-state index contributed by atoms with van der Waals surface area (Å²) >= 11 is 0. The standard InChI is InChI=1S/C6H10O2.Pd/c1-3-6(8)4-5(2)7;/h3-4H2,1-2H3;/q;+2. The zero-order valence-corrected chi connectivity index (χ0v) is 7.10. The molecule has 54 valence electrons. The van der Waals surface area contributed by atoms with Gasteiger partial charge in [-0.3, -0.25) is 9.59 Å². The maximum Gasteiger partial charge on any atom is 2.00 e. The smallest absolute Gasteiger partial charge is 0.300 e. The average Bonchev–Trinajstić information content (AvgIpc) is 1.65. The molecule has 0 amide bonds. The molecule has 0 bridgehead atoms. The Bertz CT molecular complexity index is 110. The fourth-order valence-corrected chi connectivity index (χ4v) is 0.403. The molecule has 0 aromatic heterocycles. The minimum Gasteiger partial charge on any atom is -0.300 e. The van der Waals surface area contributed by atoms with E-state index in [0.29, 0.717) is 6.42 Å². The Hall–Kier alpha value is 0.00234. The molecule has 0 rings (SSSR count). The van der Waals surface area contributed by atoms with E-state index in [9.17, 15) is 9.59 Å². The van der Waals surface area contributed by atoms with Crippen LogP contribution < -0.4 is 0 Å². The van der Waals surface area contributed by atoms with Crippen LogP contribution in [0.4, 0.5) is 0 Å². The van der Waals surface area contributed by atoms with Crippen LogP contribution >= 0.6 is 0 Å². The summed E-state index contributed by atoms with van der Waals surface area (Å²) in [6, 6.07) is 0. The summed E-state index contributed by atoms with van der Waals surface area (Å²) in [5, 5.41) is 0. The monoisotopic (exact) mass is 220 g/mol. The van der Waals surface area contributed by atoms with E-state index in [4.69, 9.17) is 0 Å². The van der Waals surface area contributed by atoms with Gasteiger partial charge in [0.25, 0.3) is 0 Å². The zero-order chi connectivity index (χ0) is 6.57. The molecule has 0 atom stereocenters. The van der Waals surface area contributed by atoms with E-state index in [1.54, 1.807) is 6.92 Å². The molecule has 0 aromatic rings. The molecule has 0 N–H and O–H groups in total. The van der Waals surface area contributed by atoms with Crippen LogP contribution in [0.5, 0.6) is 0 Å².